The van der Waals surface area contributed by atoms with Crippen molar-refractivity contribution < 1.29 is 17.9 Å². The van der Waals surface area contributed by atoms with Gasteiger partial charge < -0.3 is 14.5 Å². The first kappa shape index (κ1) is 22.6. The van der Waals surface area contributed by atoms with Crippen LogP contribution in [-0.2, 0) is 21.2 Å². The number of aryl methyl sites for hydroxylation is 1. The Morgan fingerprint density at radius 2 is 1.94 bits per heavy atom. The monoisotopic (exact) mass is 480 g/mol. The molecule has 1 atom stereocenters. The molecule has 2 aliphatic heterocycles. The molecule has 0 bridgehead atoms. The molecule has 0 saturated carbocycles. The van der Waals surface area contributed by atoms with Crippen LogP contribution in [0.3, 0.4) is 0 Å². The number of anilines is 1. The van der Waals surface area contributed by atoms with E-state index in [9.17, 15) is 13.2 Å². The lowest BCUT2D eigenvalue weighted by Gasteiger charge is -2.34. The Kier molecular flexibility index (Phi) is 5.89. The number of fused-ring (bicyclic) bond motifs is 2. The number of carbonyl (C=O) groups is 1. The number of amides is 1. The van der Waals surface area contributed by atoms with E-state index in [0.717, 1.165) is 41.8 Å². The van der Waals surface area contributed by atoms with E-state index in [0.29, 0.717) is 37.7 Å². The standard InChI is InChI=1S/C25H28N4O4S/c1-17-21-10-9-20(34(2,31)32)14-22(21)27-25(26-17)29-11-5-7-19(16-29)24(30)28-12-13-33-23-8-4-3-6-18(23)15-28/h3-4,6,8-10,14,19H,5,7,11-13,15-16H2,1-2H3. The van der Waals surface area contributed by atoms with Crippen molar-refractivity contribution in [2.24, 2.45) is 5.92 Å². The van der Waals surface area contributed by atoms with Gasteiger partial charge in [0.2, 0.25) is 11.9 Å². The average molecular weight is 481 g/mol. The van der Waals surface area contributed by atoms with Crippen LogP contribution in [0.1, 0.15) is 24.1 Å². The van der Waals surface area contributed by atoms with E-state index in [1.807, 2.05) is 41.0 Å². The van der Waals surface area contributed by atoms with Gasteiger partial charge in [-0.05, 0) is 44.0 Å². The van der Waals surface area contributed by atoms with Crippen LogP contribution < -0.4 is 9.64 Å². The highest BCUT2D eigenvalue weighted by Gasteiger charge is 2.31. The van der Waals surface area contributed by atoms with Crippen LogP contribution in [0.15, 0.2) is 47.4 Å². The molecule has 3 heterocycles. The molecule has 1 amide bonds. The highest BCUT2D eigenvalue weighted by Crippen LogP contribution is 2.28. The van der Waals surface area contributed by atoms with Gasteiger partial charge in [0.25, 0.3) is 0 Å². The fraction of sp³-hybridized carbons (Fsp3) is 0.400. The Morgan fingerprint density at radius 1 is 1.12 bits per heavy atom. The molecule has 2 aromatic carbocycles. The number of hydrogen-bond donors (Lipinski definition) is 0. The van der Waals surface area contributed by atoms with Crippen LogP contribution in [-0.4, -0.2) is 61.7 Å². The van der Waals surface area contributed by atoms with Gasteiger partial charge in [0, 0.05) is 36.8 Å². The number of piperidine rings is 1. The van der Waals surface area contributed by atoms with E-state index >= 15 is 0 Å². The molecule has 1 aromatic heterocycles. The topological polar surface area (TPSA) is 92.7 Å². The highest BCUT2D eigenvalue weighted by molar-refractivity contribution is 7.90. The third-order valence-corrected chi connectivity index (χ3v) is 7.70. The number of hydrogen-bond acceptors (Lipinski definition) is 7. The van der Waals surface area contributed by atoms with Gasteiger partial charge in [0.15, 0.2) is 9.84 Å². The average Bonchev–Trinajstić information content (AvgIpc) is 3.05. The molecule has 0 N–H and O–H groups in total. The van der Waals surface area contributed by atoms with Crippen molar-refractivity contribution in [2.45, 2.75) is 31.2 Å². The summed E-state index contributed by atoms with van der Waals surface area (Å²) < 4.78 is 29.9. The number of para-hydroxylation sites is 1. The molecule has 34 heavy (non-hydrogen) atoms. The lowest BCUT2D eigenvalue weighted by molar-refractivity contribution is -0.136. The van der Waals surface area contributed by atoms with Crippen LogP contribution in [0.25, 0.3) is 10.9 Å². The summed E-state index contributed by atoms with van der Waals surface area (Å²) in [5.74, 6) is 1.36. The molecule has 9 heteroatoms. The molecule has 2 aliphatic rings. The van der Waals surface area contributed by atoms with Crippen molar-refractivity contribution in [1.82, 2.24) is 14.9 Å². The summed E-state index contributed by atoms with van der Waals surface area (Å²) >= 11 is 0. The first-order valence-corrected chi connectivity index (χ1v) is 13.4. The molecule has 0 radical (unpaired) electrons. The second kappa shape index (κ2) is 8.87. The van der Waals surface area contributed by atoms with E-state index in [-0.39, 0.29) is 16.7 Å². The number of nitrogens with zero attached hydrogens (tertiary/aromatic N) is 4. The third-order valence-electron chi connectivity index (χ3n) is 6.59. The molecule has 0 spiro atoms. The van der Waals surface area contributed by atoms with E-state index in [1.165, 1.54) is 6.26 Å². The predicted octanol–water partition coefficient (Wildman–Crippen LogP) is 2.98. The summed E-state index contributed by atoms with van der Waals surface area (Å²) in [7, 11) is -3.34. The molecule has 8 nitrogen and oxygen atoms in total. The summed E-state index contributed by atoms with van der Waals surface area (Å²) in [6, 6.07) is 12.8. The van der Waals surface area contributed by atoms with Crippen LogP contribution in [0.2, 0.25) is 0 Å². The van der Waals surface area contributed by atoms with E-state index < -0.39 is 9.84 Å². The maximum Gasteiger partial charge on any atom is 0.227 e. The van der Waals surface area contributed by atoms with Gasteiger partial charge in [0.1, 0.15) is 12.4 Å². The minimum absolute atomic E-state index is 0.127. The Balaban J connectivity index is 1.38. The summed E-state index contributed by atoms with van der Waals surface area (Å²) in [4.78, 5) is 27.0. The van der Waals surface area contributed by atoms with Crippen molar-refractivity contribution in [2.75, 3.05) is 37.4 Å². The Bertz CT molecular complexity index is 1360. The molecular formula is C25H28N4O4S. The molecule has 0 aliphatic carbocycles. The third kappa shape index (κ3) is 4.44. The smallest absolute Gasteiger partial charge is 0.227 e. The van der Waals surface area contributed by atoms with E-state index in [4.69, 9.17) is 9.72 Å². The van der Waals surface area contributed by atoms with Crippen LogP contribution in [0.5, 0.6) is 5.75 Å². The van der Waals surface area contributed by atoms with Crippen LogP contribution in [0.4, 0.5) is 5.95 Å². The minimum atomic E-state index is -3.34. The molecule has 1 unspecified atom stereocenters. The predicted molar refractivity (Wildman–Crippen MR) is 130 cm³/mol. The lowest BCUT2D eigenvalue weighted by atomic mass is 9.96. The Hall–Kier alpha value is -3.20. The maximum absolute atomic E-state index is 13.5. The number of benzene rings is 2. The molecule has 3 aromatic rings. The van der Waals surface area contributed by atoms with Crippen molar-refractivity contribution in [3.8, 4) is 5.75 Å². The minimum Gasteiger partial charge on any atom is -0.491 e. The second-order valence-electron chi connectivity index (χ2n) is 9.06. The van der Waals surface area contributed by atoms with Gasteiger partial charge in [-0.3, -0.25) is 4.79 Å². The fourth-order valence-electron chi connectivity index (χ4n) is 4.76. The van der Waals surface area contributed by atoms with Crippen LogP contribution in [0, 0.1) is 12.8 Å². The molecular weight excluding hydrogens is 452 g/mol. The maximum atomic E-state index is 13.5. The molecule has 5 rings (SSSR count). The van der Waals surface area contributed by atoms with Gasteiger partial charge in [-0.15, -0.1) is 0 Å². The molecule has 1 fully saturated rings. The van der Waals surface area contributed by atoms with Crippen molar-refractivity contribution in [1.29, 1.82) is 0 Å². The number of aromatic nitrogens is 2. The summed E-state index contributed by atoms with van der Waals surface area (Å²) in [5.41, 5.74) is 2.41. The molecule has 178 valence electrons. The molecule has 1 saturated heterocycles. The SMILES string of the molecule is Cc1nc(N2CCCC(C(=O)N3CCOc4ccccc4C3)C2)nc2cc(S(C)(=O)=O)ccc12. The van der Waals surface area contributed by atoms with E-state index in [2.05, 4.69) is 4.98 Å². The number of ether oxygens (including phenoxy) is 1. The fourth-order valence-corrected chi connectivity index (χ4v) is 5.40. The summed E-state index contributed by atoms with van der Waals surface area (Å²) in [6.45, 7) is 4.78. The van der Waals surface area contributed by atoms with Crippen molar-refractivity contribution in [3.05, 3.63) is 53.7 Å². The zero-order chi connectivity index (χ0) is 23.9. The quantitative estimate of drug-likeness (QED) is 0.569. The number of carbonyl (C=O) groups excluding carboxylic acids is 1. The second-order valence-corrected chi connectivity index (χ2v) is 11.1. The highest BCUT2D eigenvalue weighted by atomic mass is 32.2. The van der Waals surface area contributed by atoms with Crippen molar-refractivity contribution >= 4 is 32.6 Å². The Morgan fingerprint density at radius 3 is 2.76 bits per heavy atom. The summed E-state index contributed by atoms with van der Waals surface area (Å²) in [6.07, 6.45) is 2.87. The van der Waals surface area contributed by atoms with Gasteiger partial charge in [-0.1, -0.05) is 18.2 Å². The number of rotatable bonds is 3. The first-order valence-electron chi connectivity index (χ1n) is 11.5. The Labute approximate surface area is 199 Å². The number of sulfone groups is 1. The van der Waals surface area contributed by atoms with Crippen molar-refractivity contribution in [3.63, 3.8) is 0 Å². The van der Waals surface area contributed by atoms with E-state index in [1.54, 1.807) is 18.2 Å². The zero-order valence-electron chi connectivity index (χ0n) is 19.4. The largest absolute Gasteiger partial charge is 0.491 e. The van der Waals surface area contributed by atoms with Crippen LogP contribution >= 0.6 is 0 Å². The lowest BCUT2D eigenvalue weighted by Crippen LogP contribution is -2.45. The van der Waals surface area contributed by atoms with Gasteiger partial charge in [-0.25, -0.2) is 18.4 Å². The van der Waals surface area contributed by atoms with Gasteiger partial charge >= 0.3 is 0 Å². The van der Waals surface area contributed by atoms with Gasteiger partial charge in [-0.2, -0.15) is 0 Å². The first-order chi connectivity index (χ1) is 16.3. The normalized spacial score (nSPS) is 18.8. The summed E-state index contributed by atoms with van der Waals surface area (Å²) in [5, 5.41) is 0.823. The zero-order valence-corrected chi connectivity index (χ0v) is 20.2. The van der Waals surface area contributed by atoms with Gasteiger partial charge in [0.05, 0.1) is 28.6 Å².